The van der Waals surface area contributed by atoms with E-state index in [1.54, 1.807) is 13.8 Å². The van der Waals surface area contributed by atoms with Crippen molar-refractivity contribution in [1.29, 1.82) is 0 Å². The Morgan fingerprint density at radius 2 is 1.83 bits per heavy atom. The molecule has 3 nitrogen and oxygen atoms in total. The van der Waals surface area contributed by atoms with E-state index < -0.39 is 11.6 Å². The van der Waals surface area contributed by atoms with Crippen LogP contribution in [0.15, 0.2) is 0 Å². The van der Waals surface area contributed by atoms with Gasteiger partial charge in [0.05, 0.1) is 0 Å². The number of rotatable bonds is 7. The second kappa shape index (κ2) is 7.13. The maximum absolute atomic E-state index is 11.1. The largest absolute Gasteiger partial charge is 0.479 e. The highest BCUT2D eigenvalue weighted by molar-refractivity contribution is 5.77. The second-order valence-electron chi connectivity index (χ2n) is 6.13. The molecule has 18 heavy (non-hydrogen) atoms. The zero-order valence-electron chi connectivity index (χ0n) is 11.8. The van der Waals surface area contributed by atoms with Crippen LogP contribution in [0.2, 0.25) is 0 Å². The van der Waals surface area contributed by atoms with Crippen molar-refractivity contribution in [3.63, 3.8) is 0 Å². The summed E-state index contributed by atoms with van der Waals surface area (Å²) >= 11 is 0. The Hall–Kier alpha value is -0.570. The molecule has 0 heterocycles. The summed E-state index contributed by atoms with van der Waals surface area (Å²) < 4.78 is 0. The van der Waals surface area contributed by atoms with Crippen LogP contribution < -0.4 is 0 Å². The van der Waals surface area contributed by atoms with Crippen molar-refractivity contribution in [3.8, 4) is 0 Å². The van der Waals surface area contributed by atoms with Crippen LogP contribution in [0.3, 0.4) is 0 Å². The predicted octanol–water partition coefficient (Wildman–Crippen LogP) is 3.60. The van der Waals surface area contributed by atoms with Crippen LogP contribution in [-0.2, 0) is 4.79 Å². The Kier molecular flexibility index (Phi) is 6.13. The van der Waals surface area contributed by atoms with E-state index in [2.05, 4.69) is 0 Å². The van der Waals surface area contributed by atoms with Crippen molar-refractivity contribution in [1.82, 2.24) is 0 Å². The molecule has 106 valence electrons. The van der Waals surface area contributed by atoms with Crippen LogP contribution in [0.5, 0.6) is 0 Å². The third-order valence-electron chi connectivity index (χ3n) is 4.47. The van der Waals surface area contributed by atoms with Gasteiger partial charge in [-0.25, -0.2) is 4.79 Å². The molecule has 0 amide bonds. The van der Waals surface area contributed by atoms with Gasteiger partial charge in [-0.2, -0.15) is 0 Å². The fraction of sp³-hybridized carbons (Fsp3) is 0.933. The molecule has 1 fully saturated rings. The van der Waals surface area contributed by atoms with E-state index in [0.717, 1.165) is 18.8 Å². The maximum atomic E-state index is 11.1. The molecule has 0 aromatic carbocycles. The quantitative estimate of drug-likeness (QED) is 0.684. The molecule has 0 unspecified atom stereocenters. The van der Waals surface area contributed by atoms with Gasteiger partial charge in [-0.3, -0.25) is 0 Å². The minimum absolute atomic E-state index is 0.232. The molecule has 0 radical (unpaired) electrons. The van der Waals surface area contributed by atoms with Crippen molar-refractivity contribution < 1.29 is 15.0 Å². The Morgan fingerprint density at radius 3 is 2.33 bits per heavy atom. The third-order valence-corrected chi connectivity index (χ3v) is 4.47. The normalized spacial score (nSPS) is 20.9. The van der Waals surface area contributed by atoms with E-state index in [4.69, 9.17) is 5.11 Å². The molecule has 1 aliphatic carbocycles. The Morgan fingerprint density at radius 1 is 1.22 bits per heavy atom. The van der Waals surface area contributed by atoms with Crippen molar-refractivity contribution >= 4 is 5.97 Å². The van der Waals surface area contributed by atoms with Gasteiger partial charge >= 0.3 is 5.97 Å². The topological polar surface area (TPSA) is 57.5 Å². The fourth-order valence-electron chi connectivity index (χ4n) is 2.95. The summed E-state index contributed by atoms with van der Waals surface area (Å²) in [4.78, 5) is 11.1. The first-order valence-corrected chi connectivity index (χ1v) is 7.42. The average Bonchev–Trinajstić information content (AvgIpc) is 2.35. The molecule has 0 aliphatic heterocycles. The van der Waals surface area contributed by atoms with Crippen LogP contribution in [0.4, 0.5) is 0 Å². The van der Waals surface area contributed by atoms with Crippen molar-refractivity contribution in [2.75, 3.05) is 0 Å². The number of hydrogen-bond donors (Lipinski definition) is 2. The monoisotopic (exact) mass is 256 g/mol. The predicted molar refractivity (Wildman–Crippen MR) is 72.5 cm³/mol. The summed E-state index contributed by atoms with van der Waals surface area (Å²) in [5.41, 5.74) is -1.54. The molecular weight excluding hydrogens is 228 g/mol. The molecule has 1 aliphatic rings. The molecule has 2 N–H and O–H groups in total. The molecular formula is C15H28O3. The maximum Gasteiger partial charge on any atom is 0.335 e. The van der Waals surface area contributed by atoms with E-state index in [0.29, 0.717) is 6.42 Å². The van der Waals surface area contributed by atoms with Gasteiger partial charge in [-0.15, -0.1) is 0 Å². The van der Waals surface area contributed by atoms with Crippen LogP contribution >= 0.6 is 0 Å². The Labute approximate surface area is 111 Å². The number of carbonyl (C=O) groups is 1. The third kappa shape index (κ3) is 4.27. The molecule has 3 heteroatoms. The summed E-state index contributed by atoms with van der Waals surface area (Å²) in [7, 11) is 0. The molecule has 0 saturated heterocycles. The van der Waals surface area contributed by atoms with E-state index in [1.807, 2.05) is 0 Å². The molecule has 1 atom stereocenters. The standard InChI is InChI=1S/C15H28O3/c1-12(2)15(18,14(16)17)11-7-6-10-13-8-4-3-5-9-13/h12-13,18H,3-11H2,1-2H3,(H,16,17)/t15-/m0/s1. The summed E-state index contributed by atoms with van der Waals surface area (Å²) in [5, 5.41) is 19.2. The highest BCUT2D eigenvalue weighted by atomic mass is 16.4. The number of carboxylic acid groups (broad SMARTS) is 1. The zero-order chi connectivity index (χ0) is 13.6. The first-order valence-electron chi connectivity index (χ1n) is 7.42. The lowest BCUT2D eigenvalue weighted by Crippen LogP contribution is -2.43. The number of unbranched alkanes of at least 4 members (excludes halogenated alkanes) is 1. The molecule has 1 rings (SSSR count). The summed E-state index contributed by atoms with van der Waals surface area (Å²) in [5.74, 6) is -0.462. The van der Waals surface area contributed by atoms with Gasteiger partial charge in [0.2, 0.25) is 0 Å². The van der Waals surface area contributed by atoms with Crippen LogP contribution in [-0.4, -0.2) is 21.8 Å². The number of hydrogen-bond acceptors (Lipinski definition) is 2. The number of carboxylic acids is 1. The van der Waals surface area contributed by atoms with Gasteiger partial charge in [-0.1, -0.05) is 58.8 Å². The minimum Gasteiger partial charge on any atom is -0.479 e. The SMILES string of the molecule is CC(C)[C@@](O)(CCCCC1CCCCC1)C(=O)O. The highest BCUT2D eigenvalue weighted by Crippen LogP contribution is 2.29. The first-order chi connectivity index (χ1) is 8.47. The molecule has 0 spiro atoms. The van der Waals surface area contributed by atoms with Crippen molar-refractivity contribution in [2.24, 2.45) is 11.8 Å². The molecule has 0 aromatic heterocycles. The summed E-state index contributed by atoms with van der Waals surface area (Å²) in [6, 6.07) is 0. The lowest BCUT2D eigenvalue weighted by Gasteiger charge is -2.28. The smallest absolute Gasteiger partial charge is 0.335 e. The van der Waals surface area contributed by atoms with E-state index >= 15 is 0 Å². The zero-order valence-corrected chi connectivity index (χ0v) is 11.8. The Bertz CT molecular complexity index is 256. The second-order valence-corrected chi connectivity index (χ2v) is 6.13. The van der Waals surface area contributed by atoms with Gasteiger partial charge in [0.25, 0.3) is 0 Å². The van der Waals surface area contributed by atoms with E-state index in [1.165, 1.54) is 38.5 Å². The van der Waals surface area contributed by atoms with E-state index in [9.17, 15) is 9.90 Å². The van der Waals surface area contributed by atoms with Crippen molar-refractivity contribution in [2.45, 2.75) is 77.2 Å². The highest BCUT2D eigenvalue weighted by Gasteiger charge is 2.38. The molecule has 0 bridgehead atoms. The lowest BCUT2D eigenvalue weighted by atomic mass is 9.82. The average molecular weight is 256 g/mol. The van der Waals surface area contributed by atoms with Gasteiger partial charge < -0.3 is 10.2 Å². The van der Waals surface area contributed by atoms with Crippen LogP contribution in [0.25, 0.3) is 0 Å². The van der Waals surface area contributed by atoms with Crippen LogP contribution in [0, 0.1) is 11.8 Å². The fourth-order valence-corrected chi connectivity index (χ4v) is 2.95. The van der Waals surface area contributed by atoms with E-state index in [-0.39, 0.29) is 5.92 Å². The lowest BCUT2D eigenvalue weighted by molar-refractivity contribution is -0.164. The van der Waals surface area contributed by atoms with Gasteiger partial charge in [-0.05, 0) is 24.7 Å². The summed E-state index contributed by atoms with van der Waals surface area (Å²) in [6.45, 7) is 3.55. The summed E-state index contributed by atoms with van der Waals surface area (Å²) in [6.07, 6.45) is 10.2. The van der Waals surface area contributed by atoms with Crippen LogP contribution in [0.1, 0.15) is 71.6 Å². The number of aliphatic carboxylic acids is 1. The van der Waals surface area contributed by atoms with Crippen molar-refractivity contribution in [3.05, 3.63) is 0 Å². The van der Waals surface area contributed by atoms with Gasteiger partial charge in [0.1, 0.15) is 0 Å². The number of aliphatic hydroxyl groups is 1. The molecule has 0 aromatic rings. The van der Waals surface area contributed by atoms with Gasteiger partial charge in [0, 0.05) is 0 Å². The van der Waals surface area contributed by atoms with Gasteiger partial charge in [0.15, 0.2) is 5.60 Å². The minimum atomic E-state index is -1.54. The Balaban J connectivity index is 2.24. The first kappa shape index (κ1) is 15.5. The molecule has 1 saturated carbocycles.